The maximum atomic E-state index is 5.62. The quantitative estimate of drug-likeness (QED) is 0.612. The van der Waals surface area contributed by atoms with Crippen LogP contribution in [0.5, 0.6) is 0 Å². The molecule has 0 radical (unpaired) electrons. The van der Waals surface area contributed by atoms with Crippen LogP contribution in [0, 0.1) is 13.8 Å². The number of nitrogens with one attached hydrogen (secondary N) is 1. The maximum absolute atomic E-state index is 5.62. The molecule has 1 aromatic heterocycles. The fourth-order valence-corrected chi connectivity index (χ4v) is 1.89. The zero-order valence-electron chi connectivity index (χ0n) is 9.53. The van der Waals surface area contributed by atoms with Gasteiger partial charge in [0.1, 0.15) is 0 Å². The van der Waals surface area contributed by atoms with Crippen molar-refractivity contribution in [2.75, 3.05) is 0 Å². The summed E-state index contributed by atoms with van der Waals surface area (Å²) in [5.74, 6) is 5.62. The van der Waals surface area contributed by atoms with E-state index in [1.807, 2.05) is 12.1 Å². The van der Waals surface area contributed by atoms with Gasteiger partial charge in [-0.3, -0.25) is 5.84 Å². The molecule has 0 amide bonds. The molecule has 0 aliphatic heterocycles. The molecule has 3 nitrogen and oxygen atoms in total. The highest BCUT2D eigenvalue weighted by Gasteiger charge is 2.15. The van der Waals surface area contributed by atoms with E-state index < -0.39 is 0 Å². The van der Waals surface area contributed by atoms with E-state index in [0.29, 0.717) is 0 Å². The summed E-state index contributed by atoms with van der Waals surface area (Å²) >= 11 is 0. The van der Waals surface area contributed by atoms with Crippen LogP contribution in [-0.2, 0) is 0 Å². The number of nitrogens with two attached hydrogens (primary N) is 1. The number of rotatable bonds is 3. The van der Waals surface area contributed by atoms with Gasteiger partial charge in [0.2, 0.25) is 0 Å². The topological polar surface area (TPSA) is 51.2 Å². The summed E-state index contributed by atoms with van der Waals surface area (Å²) in [4.78, 5) is 0. The van der Waals surface area contributed by atoms with Crippen molar-refractivity contribution in [1.82, 2.24) is 5.43 Å². The van der Waals surface area contributed by atoms with E-state index in [0.717, 1.165) is 5.56 Å². The average molecular weight is 216 g/mol. The third kappa shape index (κ3) is 1.87. The molecule has 2 aromatic rings. The number of hydrogen-bond donors (Lipinski definition) is 2. The zero-order valence-corrected chi connectivity index (χ0v) is 9.53. The Morgan fingerprint density at radius 2 is 2.06 bits per heavy atom. The summed E-state index contributed by atoms with van der Waals surface area (Å²) in [6.45, 7) is 4.21. The van der Waals surface area contributed by atoms with Gasteiger partial charge in [0.05, 0.1) is 18.6 Å². The molecule has 0 bridgehead atoms. The van der Waals surface area contributed by atoms with Crippen LogP contribution in [0.25, 0.3) is 0 Å². The van der Waals surface area contributed by atoms with Gasteiger partial charge in [-0.05, 0) is 36.6 Å². The lowest BCUT2D eigenvalue weighted by Gasteiger charge is -2.18. The molecule has 1 heterocycles. The van der Waals surface area contributed by atoms with Crippen molar-refractivity contribution >= 4 is 0 Å². The highest BCUT2D eigenvalue weighted by molar-refractivity contribution is 5.39. The fourth-order valence-electron chi connectivity index (χ4n) is 1.89. The van der Waals surface area contributed by atoms with Crippen molar-refractivity contribution in [2.45, 2.75) is 19.9 Å². The van der Waals surface area contributed by atoms with Crippen LogP contribution >= 0.6 is 0 Å². The minimum atomic E-state index is -0.0151. The van der Waals surface area contributed by atoms with E-state index >= 15 is 0 Å². The minimum absolute atomic E-state index is 0.0151. The molecule has 16 heavy (non-hydrogen) atoms. The number of hydrogen-bond acceptors (Lipinski definition) is 3. The smallest absolute Gasteiger partial charge is 0.0954 e. The Bertz CT molecular complexity index is 463. The number of furan rings is 1. The first-order valence-corrected chi connectivity index (χ1v) is 5.28. The van der Waals surface area contributed by atoms with Crippen LogP contribution in [0.3, 0.4) is 0 Å². The van der Waals surface area contributed by atoms with Crippen LogP contribution in [0.4, 0.5) is 0 Å². The molecule has 1 unspecified atom stereocenters. The number of benzene rings is 1. The van der Waals surface area contributed by atoms with Crippen LogP contribution < -0.4 is 11.3 Å². The second-order valence-corrected chi connectivity index (χ2v) is 3.95. The lowest BCUT2D eigenvalue weighted by Crippen LogP contribution is -2.29. The Balaban J connectivity index is 2.45. The molecule has 3 heteroatoms. The van der Waals surface area contributed by atoms with Gasteiger partial charge < -0.3 is 4.42 Å². The molecule has 3 N–H and O–H groups in total. The van der Waals surface area contributed by atoms with Crippen molar-refractivity contribution in [2.24, 2.45) is 5.84 Å². The summed E-state index contributed by atoms with van der Waals surface area (Å²) in [6, 6.07) is 8.13. The average Bonchev–Trinajstić information content (AvgIpc) is 2.79. The molecular weight excluding hydrogens is 200 g/mol. The highest BCUT2D eigenvalue weighted by atomic mass is 16.3. The summed E-state index contributed by atoms with van der Waals surface area (Å²) in [6.07, 6.45) is 3.37. The van der Waals surface area contributed by atoms with Crippen LogP contribution in [0.1, 0.15) is 28.3 Å². The molecule has 0 saturated carbocycles. The minimum Gasteiger partial charge on any atom is -0.472 e. The van der Waals surface area contributed by atoms with E-state index in [9.17, 15) is 0 Å². The SMILES string of the molecule is Cc1cccc(C(NN)c2ccoc2)c1C. The molecular formula is C13H16N2O. The molecule has 0 aliphatic carbocycles. The number of aryl methyl sites for hydroxylation is 1. The third-order valence-corrected chi connectivity index (χ3v) is 3.00. The van der Waals surface area contributed by atoms with Gasteiger partial charge in [0.15, 0.2) is 0 Å². The summed E-state index contributed by atoms with van der Waals surface area (Å²) < 4.78 is 5.09. The Labute approximate surface area is 95.2 Å². The lowest BCUT2D eigenvalue weighted by atomic mass is 9.94. The van der Waals surface area contributed by atoms with Crippen LogP contribution in [-0.4, -0.2) is 0 Å². The molecule has 0 fully saturated rings. The van der Waals surface area contributed by atoms with Crippen molar-refractivity contribution in [1.29, 1.82) is 0 Å². The summed E-state index contributed by atoms with van der Waals surface area (Å²) in [5.41, 5.74) is 7.57. The first-order valence-electron chi connectivity index (χ1n) is 5.28. The predicted molar refractivity (Wildman–Crippen MR) is 63.8 cm³/mol. The van der Waals surface area contributed by atoms with Crippen LogP contribution in [0.15, 0.2) is 41.2 Å². The Morgan fingerprint density at radius 3 is 2.69 bits per heavy atom. The van der Waals surface area contributed by atoms with Crippen molar-refractivity contribution in [3.63, 3.8) is 0 Å². The lowest BCUT2D eigenvalue weighted by molar-refractivity contribution is 0.553. The molecule has 0 aliphatic rings. The predicted octanol–water partition coefficient (Wildman–Crippen LogP) is 2.45. The maximum Gasteiger partial charge on any atom is 0.0954 e. The van der Waals surface area contributed by atoms with Gasteiger partial charge in [-0.15, -0.1) is 0 Å². The molecule has 84 valence electrons. The van der Waals surface area contributed by atoms with Gasteiger partial charge in [0.25, 0.3) is 0 Å². The number of hydrazine groups is 1. The van der Waals surface area contributed by atoms with E-state index in [-0.39, 0.29) is 6.04 Å². The normalized spacial score (nSPS) is 12.7. The molecule has 0 saturated heterocycles. The van der Waals surface area contributed by atoms with E-state index in [2.05, 4.69) is 31.4 Å². The molecule has 2 rings (SSSR count). The first kappa shape index (κ1) is 10.9. The largest absolute Gasteiger partial charge is 0.472 e. The van der Waals surface area contributed by atoms with Gasteiger partial charge >= 0.3 is 0 Å². The standard InChI is InChI=1S/C13H16N2O/c1-9-4-3-5-12(10(9)2)13(15-14)11-6-7-16-8-11/h3-8,13,15H,14H2,1-2H3. The Morgan fingerprint density at radius 1 is 1.25 bits per heavy atom. The molecule has 1 atom stereocenters. The Kier molecular flexibility index (Phi) is 3.08. The van der Waals surface area contributed by atoms with E-state index in [1.165, 1.54) is 16.7 Å². The summed E-state index contributed by atoms with van der Waals surface area (Å²) in [7, 11) is 0. The van der Waals surface area contributed by atoms with Gasteiger partial charge in [0, 0.05) is 5.56 Å². The zero-order chi connectivity index (χ0) is 11.5. The molecule has 1 aromatic carbocycles. The fraction of sp³-hybridized carbons (Fsp3) is 0.231. The summed E-state index contributed by atoms with van der Waals surface area (Å²) in [5, 5.41) is 0. The highest BCUT2D eigenvalue weighted by Crippen LogP contribution is 2.25. The second kappa shape index (κ2) is 4.51. The van der Waals surface area contributed by atoms with Crippen molar-refractivity contribution < 1.29 is 4.42 Å². The van der Waals surface area contributed by atoms with Gasteiger partial charge in [-0.2, -0.15) is 0 Å². The third-order valence-electron chi connectivity index (χ3n) is 3.00. The first-order chi connectivity index (χ1) is 7.74. The van der Waals surface area contributed by atoms with Crippen molar-refractivity contribution in [3.05, 3.63) is 59.0 Å². The van der Waals surface area contributed by atoms with E-state index in [4.69, 9.17) is 10.3 Å². The second-order valence-electron chi connectivity index (χ2n) is 3.95. The Hall–Kier alpha value is -1.58. The van der Waals surface area contributed by atoms with Gasteiger partial charge in [-0.1, -0.05) is 18.2 Å². The van der Waals surface area contributed by atoms with Crippen molar-refractivity contribution in [3.8, 4) is 0 Å². The monoisotopic (exact) mass is 216 g/mol. The van der Waals surface area contributed by atoms with E-state index in [1.54, 1.807) is 12.5 Å². The molecule has 0 spiro atoms. The van der Waals surface area contributed by atoms with Crippen LogP contribution in [0.2, 0.25) is 0 Å². The van der Waals surface area contributed by atoms with Gasteiger partial charge in [-0.25, -0.2) is 5.43 Å².